The van der Waals surface area contributed by atoms with Crippen molar-refractivity contribution < 1.29 is 0 Å². The lowest BCUT2D eigenvalue weighted by atomic mass is 10.0. The first kappa shape index (κ1) is 12.4. The summed E-state index contributed by atoms with van der Waals surface area (Å²) in [6.45, 7) is 6.16. The van der Waals surface area contributed by atoms with Gasteiger partial charge in [0.15, 0.2) is 0 Å². The molecule has 1 aliphatic rings. The third kappa shape index (κ3) is 3.04. The maximum Gasteiger partial charge on any atom is 0.0953 e. The molecule has 1 aliphatic carbocycles. The summed E-state index contributed by atoms with van der Waals surface area (Å²) in [7, 11) is 0. The van der Waals surface area contributed by atoms with E-state index in [1.165, 1.54) is 29.5 Å². The van der Waals surface area contributed by atoms with E-state index in [2.05, 4.69) is 53.1 Å². The molecule has 0 unspecified atom stereocenters. The van der Waals surface area contributed by atoms with Gasteiger partial charge in [0.25, 0.3) is 0 Å². The van der Waals surface area contributed by atoms with Crippen LogP contribution in [-0.2, 0) is 13.1 Å². The molecular weight excluding hydrogens is 234 g/mol. The second-order valence-electron chi connectivity index (χ2n) is 5.56. The lowest BCUT2D eigenvalue weighted by Crippen LogP contribution is -2.15. The molecule has 1 heterocycles. The zero-order valence-electron chi connectivity index (χ0n) is 11.7. The van der Waals surface area contributed by atoms with Crippen molar-refractivity contribution in [3.63, 3.8) is 0 Å². The Morgan fingerprint density at radius 1 is 1.26 bits per heavy atom. The zero-order chi connectivity index (χ0) is 13.2. The topological polar surface area (TPSA) is 29.9 Å². The molecule has 3 rings (SSSR count). The quantitative estimate of drug-likeness (QED) is 0.890. The molecular formula is C16H21N3. The van der Waals surface area contributed by atoms with Crippen molar-refractivity contribution in [2.24, 2.45) is 0 Å². The van der Waals surface area contributed by atoms with E-state index in [1.807, 2.05) is 6.33 Å². The highest BCUT2D eigenvalue weighted by molar-refractivity contribution is 5.33. The maximum atomic E-state index is 4.47. The SMILES string of the molecule is Cc1cccc(C)c1Cn1cnc(CNC2CC2)c1. The lowest BCUT2D eigenvalue weighted by molar-refractivity contribution is 0.675. The molecule has 0 bridgehead atoms. The molecule has 0 radical (unpaired) electrons. The third-order valence-corrected chi connectivity index (χ3v) is 3.82. The first-order chi connectivity index (χ1) is 9.22. The zero-order valence-corrected chi connectivity index (χ0v) is 11.7. The lowest BCUT2D eigenvalue weighted by Gasteiger charge is -2.09. The fourth-order valence-electron chi connectivity index (χ4n) is 2.40. The van der Waals surface area contributed by atoms with Gasteiger partial charge in [-0.3, -0.25) is 0 Å². The number of nitrogens with one attached hydrogen (secondary N) is 1. The van der Waals surface area contributed by atoms with Crippen molar-refractivity contribution in [3.8, 4) is 0 Å². The van der Waals surface area contributed by atoms with Crippen LogP contribution in [0.5, 0.6) is 0 Å². The Morgan fingerprint density at radius 3 is 2.68 bits per heavy atom. The van der Waals surface area contributed by atoms with Gasteiger partial charge in [-0.25, -0.2) is 4.98 Å². The average molecular weight is 255 g/mol. The van der Waals surface area contributed by atoms with Crippen LogP contribution in [0.4, 0.5) is 0 Å². The fourth-order valence-corrected chi connectivity index (χ4v) is 2.40. The van der Waals surface area contributed by atoms with Gasteiger partial charge in [0.05, 0.1) is 12.0 Å². The minimum Gasteiger partial charge on any atom is -0.333 e. The van der Waals surface area contributed by atoms with Crippen molar-refractivity contribution >= 4 is 0 Å². The number of hydrogen-bond donors (Lipinski definition) is 1. The Balaban J connectivity index is 1.68. The van der Waals surface area contributed by atoms with Crippen molar-refractivity contribution in [3.05, 3.63) is 53.1 Å². The van der Waals surface area contributed by atoms with Gasteiger partial charge in [0.2, 0.25) is 0 Å². The molecule has 0 spiro atoms. The van der Waals surface area contributed by atoms with Crippen LogP contribution in [0.2, 0.25) is 0 Å². The van der Waals surface area contributed by atoms with E-state index in [1.54, 1.807) is 0 Å². The monoisotopic (exact) mass is 255 g/mol. The minimum absolute atomic E-state index is 0.740. The van der Waals surface area contributed by atoms with E-state index in [0.717, 1.165) is 24.8 Å². The van der Waals surface area contributed by atoms with Gasteiger partial charge >= 0.3 is 0 Å². The Morgan fingerprint density at radius 2 is 2.00 bits per heavy atom. The number of imidazole rings is 1. The van der Waals surface area contributed by atoms with Crippen LogP contribution >= 0.6 is 0 Å². The van der Waals surface area contributed by atoms with Crippen molar-refractivity contribution in [1.29, 1.82) is 0 Å². The molecule has 3 nitrogen and oxygen atoms in total. The van der Waals surface area contributed by atoms with E-state index in [9.17, 15) is 0 Å². The smallest absolute Gasteiger partial charge is 0.0953 e. The molecule has 0 saturated heterocycles. The molecule has 1 aromatic heterocycles. The van der Waals surface area contributed by atoms with Crippen LogP contribution in [0.25, 0.3) is 0 Å². The van der Waals surface area contributed by atoms with Crippen LogP contribution in [-0.4, -0.2) is 15.6 Å². The molecule has 1 fully saturated rings. The first-order valence-corrected chi connectivity index (χ1v) is 7.01. The number of rotatable bonds is 5. The largest absolute Gasteiger partial charge is 0.333 e. The maximum absolute atomic E-state index is 4.47. The van der Waals surface area contributed by atoms with Gasteiger partial charge in [-0.05, 0) is 43.4 Å². The predicted octanol–water partition coefficient (Wildman–Crippen LogP) is 2.80. The summed E-state index contributed by atoms with van der Waals surface area (Å²) in [6, 6.07) is 7.21. The normalized spacial score (nSPS) is 14.8. The number of hydrogen-bond acceptors (Lipinski definition) is 2. The van der Waals surface area contributed by atoms with Crippen LogP contribution in [0.15, 0.2) is 30.7 Å². The van der Waals surface area contributed by atoms with Crippen molar-refractivity contribution in [2.75, 3.05) is 0 Å². The summed E-state index contributed by atoms with van der Waals surface area (Å²) >= 11 is 0. The highest BCUT2D eigenvalue weighted by atomic mass is 15.1. The summed E-state index contributed by atoms with van der Waals surface area (Å²) in [5.74, 6) is 0. The predicted molar refractivity (Wildman–Crippen MR) is 77.1 cm³/mol. The fraction of sp³-hybridized carbons (Fsp3) is 0.438. The number of aromatic nitrogens is 2. The van der Waals surface area contributed by atoms with Gasteiger partial charge in [-0.15, -0.1) is 0 Å². The van der Waals surface area contributed by atoms with E-state index >= 15 is 0 Å². The molecule has 3 heteroatoms. The van der Waals surface area contributed by atoms with Crippen LogP contribution in [0.1, 0.15) is 35.2 Å². The Labute approximate surface area is 114 Å². The Hall–Kier alpha value is -1.61. The highest BCUT2D eigenvalue weighted by Gasteiger charge is 2.20. The molecule has 1 aromatic carbocycles. The molecule has 2 aromatic rings. The summed E-state index contributed by atoms with van der Waals surface area (Å²) in [5.41, 5.74) is 5.25. The second kappa shape index (κ2) is 5.17. The summed E-state index contributed by atoms with van der Waals surface area (Å²) in [5, 5.41) is 3.50. The van der Waals surface area contributed by atoms with Crippen LogP contribution in [0.3, 0.4) is 0 Å². The highest BCUT2D eigenvalue weighted by Crippen LogP contribution is 2.19. The van der Waals surface area contributed by atoms with E-state index in [0.29, 0.717) is 0 Å². The van der Waals surface area contributed by atoms with Crippen LogP contribution < -0.4 is 5.32 Å². The summed E-state index contributed by atoms with van der Waals surface area (Å²) in [4.78, 5) is 4.47. The standard InChI is InChI=1S/C16H21N3/c1-12-4-3-5-13(2)16(12)10-19-9-15(18-11-19)8-17-14-6-7-14/h3-5,9,11,14,17H,6-8,10H2,1-2H3. The Kier molecular flexibility index (Phi) is 3.38. The number of nitrogens with zero attached hydrogens (tertiary/aromatic N) is 2. The van der Waals surface area contributed by atoms with Gasteiger partial charge in [0.1, 0.15) is 0 Å². The average Bonchev–Trinajstić information content (AvgIpc) is 3.11. The molecule has 0 atom stereocenters. The molecule has 0 aliphatic heterocycles. The van der Waals surface area contributed by atoms with Gasteiger partial charge in [-0.1, -0.05) is 18.2 Å². The van der Waals surface area contributed by atoms with Crippen molar-refractivity contribution in [2.45, 2.75) is 45.8 Å². The molecule has 1 N–H and O–H groups in total. The molecule has 1 saturated carbocycles. The third-order valence-electron chi connectivity index (χ3n) is 3.82. The van der Waals surface area contributed by atoms with Gasteiger partial charge in [-0.2, -0.15) is 0 Å². The summed E-state index contributed by atoms with van der Waals surface area (Å²) < 4.78 is 2.18. The molecule has 100 valence electrons. The van der Waals surface area contributed by atoms with Gasteiger partial charge < -0.3 is 9.88 Å². The first-order valence-electron chi connectivity index (χ1n) is 7.01. The second-order valence-corrected chi connectivity index (χ2v) is 5.56. The number of benzene rings is 1. The van der Waals surface area contributed by atoms with Crippen molar-refractivity contribution in [1.82, 2.24) is 14.9 Å². The summed E-state index contributed by atoms with van der Waals surface area (Å²) in [6.07, 6.45) is 6.74. The number of aryl methyl sites for hydroxylation is 2. The van der Waals surface area contributed by atoms with E-state index in [-0.39, 0.29) is 0 Å². The van der Waals surface area contributed by atoms with E-state index in [4.69, 9.17) is 0 Å². The van der Waals surface area contributed by atoms with E-state index < -0.39 is 0 Å². The molecule has 0 amide bonds. The molecule has 19 heavy (non-hydrogen) atoms. The van der Waals surface area contributed by atoms with Gasteiger partial charge in [0, 0.05) is 25.3 Å². The Bertz CT molecular complexity index is 547. The van der Waals surface area contributed by atoms with Crippen LogP contribution in [0, 0.1) is 13.8 Å². The minimum atomic E-state index is 0.740.